The lowest BCUT2D eigenvalue weighted by atomic mass is 9.78. The summed E-state index contributed by atoms with van der Waals surface area (Å²) in [6.07, 6.45) is 1.76. The molecular formula is C15H33NO2S. The minimum absolute atomic E-state index is 0.222. The molecule has 0 fully saturated rings. The molecule has 3 nitrogen and oxygen atoms in total. The Hall–Kier alpha value is -0.0900. The molecule has 0 aliphatic carbocycles. The summed E-state index contributed by atoms with van der Waals surface area (Å²) >= 11 is 0. The van der Waals surface area contributed by atoms with Crippen molar-refractivity contribution < 1.29 is 8.42 Å². The van der Waals surface area contributed by atoms with Gasteiger partial charge in [-0.15, -0.1) is 0 Å². The minimum Gasteiger partial charge on any atom is -0.316 e. The zero-order chi connectivity index (χ0) is 15.1. The van der Waals surface area contributed by atoms with Crippen LogP contribution in [-0.4, -0.2) is 33.0 Å². The number of sulfone groups is 1. The predicted octanol–water partition coefficient (Wildman–Crippen LogP) is 3.11. The second-order valence-corrected chi connectivity index (χ2v) is 9.47. The number of hydrogen-bond acceptors (Lipinski definition) is 3. The van der Waals surface area contributed by atoms with Gasteiger partial charge in [0, 0.05) is 5.75 Å². The summed E-state index contributed by atoms with van der Waals surface area (Å²) in [5, 5.41) is 3.50. The van der Waals surface area contributed by atoms with Crippen molar-refractivity contribution in [1.29, 1.82) is 0 Å². The summed E-state index contributed by atoms with van der Waals surface area (Å²) in [4.78, 5) is 0. The van der Waals surface area contributed by atoms with Crippen molar-refractivity contribution in [3.05, 3.63) is 0 Å². The zero-order valence-electron chi connectivity index (χ0n) is 13.6. The molecule has 0 radical (unpaired) electrons. The van der Waals surface area contributed by atoms with E-state index in [1.165, 1.54) is 0 Å². The van der Waals surface area contributed by atoms with E-state index in [0.717, 1.165) is 25.9 Å². The summed E-state index contributed by atoms with van der Waals surface area (Å²) in [5.74, 6) is 1.78. The van der Waals surface area contributed by atoms with Crippen molar-refractivity contribution in [2.24, 2.45) is 17.3 Å². The molecule has 1 N–H and O–H groups in total. The summed E-state index contributed by atoms with van der Waals surface area (Å²) < 4.78 is 23.0. The molecular weight excluding hydrogens is 258 g/mol. The van der Waals surface area contributed by atoms with Crippen molar-refractivity contribution >= 4 is 9.84 Å². The third-order valence-corrected chi connectivity index (χ3v) is 5.41. The van der Waals surface area contributed by atoms with Gasteiger partial charge in [0.2, 0.25) is 0 Å². The SMILES string of the molecule is CCS(=O)(=O)CCCC(CNCC(C)C)C(C)(C)C. The highest BCUT2D eigenvalue weighted by atomic mass is 32.2. The highest BCUT2D eigenvalue weighted by molar-refractivity contribution is 7.91. The van der Waals surface area contributed by atoms with Gasteiger partial charge in [-0.1, -0.05) is 41.5 Å². The Morgan fingerprint density at radius 2 is 1.68 bits per heavy atom. The Morgan fingerprint density at radius 3 is 2.11 bits per heavy atom. The lowest BCUT2D eigenvalue weighted by Crippen LogP contribution is -2.34. The Kier molecular flexibility index (Phi) is 8.21. The van der Waals surface area contributed by atoms with E-state index in [1.54, 1.807) is 6.92 Å². The van der Waals surface area contributed by atoms with Gasteiger partial charge >= 0.3 is 0 Å². The molecule has 0 saturated heterocycles. The van der Waals surface area contributed by atoms with Crippen LogP contribution in [-0.2, 0) is 9.84 Å². The van der Waals surface area contributed by atoms with E-state index in [4.69, 9.17) is 0 Å². The molecule has 1 atom stereocenters. The van der Waals surface area contributed by atoms with Gasteiger partial charge in [0.1, 0.15) is 9.84 Å². The highest BCUT2D eigenvalue weighted by Crippen LogP contribution is 2.29. The second-order valence-electron chi connectivity index (χ2n) is 6.99. The average molecular weight is 292 g/mol. The topological polar surface area (TPSA) is 46.2 Å². The van der Waals surface area contributed by atoms with E-state index in [0.29, 0.717) is 17.6 Å². The molecule has 19 heavy (non-hydrogen) atoms. The first-order valence-electron chi connectivity index (χ1n) is 7.49. The first-order chi connectivity index (χ1) is 8.58. The zero-order valence-corrected chi connectivity index (χ0v) is 14.4. The van der Waals surface area contributed by atoms with E-state index < -0.39 is 9.84 Å². The molecule has 0 aromatic carbocycles. The summed E-state index contributed by atoms with van der Waals surface area (Å²) in [5.41, 5.74) is 0.222. The van der Waals surface area contributed by atoms with Crippen molar-refractivity contribution in [2.45, 2.75) is 54.4 Å². The largest absolute Gasteiger partial charge is 0.316 e. The van der Waals surface area contributed by atoms with Crippen LogP contribution in [0.1, 0.15) is 54.4 Å². The number of hydrogen-bond donors (Lipinski definition) is 1. The number of nitrogens with one attached hydrogen (secondary N) is 1. The Bertz CT molecular complexity index is 329. The fraction of sp³-hybridized carbons (Fsp3) is 1.00. The summed E-state index contributed by atoms with van der Waals surface area (Å²) in [7, 11) is -2.82. The third kappa shape index (κ3) is 9.44. The molecule has 0 rings (SSSR count). The molecule has 0 saturated carbocycles. The van der Waals surface area contributed by atoms with Gasteiger partial charge in [0.25, 0.3) is 0 Å². The average Bonchev–Trinajstić information content (AvgIpc) is 2.25. The van der Waals surface area contributed by atoms with E-state index in [9.17, 15) is 8.42 Å². The maximum Gasteiger partial charge on any atom is 0.150 e. The fourth-order valence-electron chi connectivity index (χ4n) is 2.08. The third-order valence-electron chi connectivity index (χ3n) is 3.62. The van der Waals surface area contributed by atoms with E-state index in [-0.39, 0.29) is 11.2 Å². The minimum atomic E-state index is -2.82. The van der Waals surface area contributed by atoms with Crippen molar-refractivity contribution in [3.63, 3.8) is 0 Å². The lowest BCUT2D eigenvalue weighted by Gasteiger charge is -2.31. The molecule has 4 heteroatoms. The monoisotopic (exact) mass is 291 g/mol. The highest BCUT2D eigenvalue weighted by Gasteiger charge is 2.24. The van der Waals surface area contributed by atoms with Gasteiger partial charge in [-0.2, -0.15) is 0 Å². The van der Waals surface area contributed by atoms with Crippen molar-refractivity contribution in [1.82, 2.24) is 5.32 Å². The normalized spacial score (nSPS) is 14.9. The molecule has 1 unspecified atom stereocenters. The summed E-state index contributed by atoms with van der Waals surface area (Å²) in [6.45, 7) is 14.9. The lowest BCUT2D eigenvalue weighted by molar-refractivity contribution is 0.215. The Labute approximate surface area is 120 Å². The number of rotatable bonds is 9. The van der Waals surface area contributed by atoms with Gasteiger partial charge in [-0.05, 0) is 43.2 Å². The molecule has 0 aliphatic heterocycles. The van der Waals surface area contributed by atoms with Crippen LogP contribution in [0, 0.1) is 17.3 Å². The van der Waals surface area contributed by atoms with Gasteiger partial charge in [0.15, 0.2) is 0 Å². The first kappa shape index (κ1) is 18.9. The second kappa shape index (κ2) is 8.25. The Balaban J connectivity index is 4.23. The van der Waals surface area contributed by atoms with Crippen LogP contribution in [0.4, 0.5) is 0 Å². The van der Waals surface area contributed by atoms with Gasteiger partial charge in [-0.25, -0.2) is 8.42 Å². The first-order valence-corrected chi connectivity index (χ1v) is 9.31. The molecule has 0 aliphatic rings. The molecule has 0 bridgehead atoms. The maximum absolute atomic E-state index is 11.5. The predicted molar refractivity (Wildman–Crippen MR) is 84.2 cm³/mol. The van der Waals surface area contributed by atoms with Gasteiger partial charge in [0.05, 0.1) is 5.75 Å². The van der Waals surface area contributed by atoms with Crippen LogP contribution < -0.4 is 5.32 Å². The molecule has 0 heterocycles. The fourth-order valence-corrected chi connectivity index (χ4v) is 2.98. The Morgan fingerprint density at radius 1 is 1.11 bits per heavy atom. The smallest absolute Gasteiger partial charge is 0.150 e. The van der Waals surface area contributed by atoms with Crippen LogP contribution in [0.25, 0.3) is 0 Å². The van der Waals surface area contributed by atoms with Gasteiger partial charge in [-0.3, -0.25) is 0 Å². The van der Waals surface area contributed by atoms with Crippen LogP contribution in [0.2, 0.25) is 0 Å². The van der Waals surface area contributed by atoms with Crippen molar-refractivity contribution in [3.8, 4) is 0 Å². The molecule has 116 valence electrons. The molecule has 0 aromatic rings. The summed E-state index contributed by atoms with van der Waals surface area (Å²) in [6, 6.07) is 0. The van der Waals surface area contributed by atoms with Crippen LogP contribution >= 0.6 is 0 Å². The quantitative estimate of drug-likeness (QED) is 0.710. The maximum atomic E-state index is 11.5. The van der Waals surface area contributed by atoms with Crippen LogP contribution in [0.3, 0.4) is 0 Å². The molecule has 0 amide bonds. The molecule has 0 aromatic heterocycles. The van der Waals surface area contributed by atoms with E-state index >= 15 is 0 Å². The van der Waals surface area contributed by atoms with Crippen LogP contribution in [0.5, 0.6) is 0 Å². The standard InChI is InChI=1S/C15H33NO2S/c1-7-19(17,18)10-8-9-14(15(4,5)6)12-16-11-13(2)3/h13-14,16H,7-12H2,1-6H3. The van der Waals surface area contributed by atoms with E-state index in [1.807, 2.05) is 0 Å². The van der Waals surface area contributed by atoms with Crippen molar-refractivity contribution in [2.75, 3.05) is 24.6 Å². The van der Waals surface area contributed by atoms with Crippen LogP contribution in [0.15, 0.2) is 0 Å². The van der Waals surface area contributed by atoms with E-state index in [2.05, 4.69) is 39.9 Å². The molecule has 0 spiro atoms. The van der Waals surface area contributed by atoms with Gasteiger partial charge < -0.3 is 5.32 Å².